The molecule has 0 radical (unpaired) electrons. The van der Waals surface area contributed by atoms with E-state index in [-0.39, 0.29) is 0 Å². The quantitative estimate of drug-likeness (QED) is 0.665. The Morgan fingerprint density at radius 2 is 1.90 bits per heavy atom. The Bertz CT molecular complexity index is 784. The van der Waals surface area contributed by atoms with Gasteiger partial charge in [-0.15, -0.1) is 0 Å². The fourth-order valence-electron chi connectivity index (χ4n) is 3.10. The lowest BCUT2D eigenvalue weighted by molar-refractivity contribution is 0.678. The SMILES string of the molecule is Nc1ncnn2c(C3Cc4ccccc4C3)cc(I)c12. The molecule has 2 aromatic heterocycles. The molecule has 1 aromatic carbocycles. The van der Waals surface area contributed by atoms with Gasteiger partial charge in [-0.1, -0.05) is 24.3 Å². The number of aromatic nitrogens is 3. The van der Waals surface area contributed by atoms with Crippen LogP contribution < -0.4 is 5.73 Å². The first kappa shape index (κ1) is 12.1. The summed E-state index contributed by atoms with van der Waals surface area (Å²) in [6.07, 6.45) is 3.68. The van der Waals surface area contributed by atoms with Gasteiger partial charge in [0.2, 0.25) is 0 Å². The Labute approximate surface area is 130 Å². The number of hydrogen-bond donors (Lipinski definition) is 1. The number of rotatable bonds is 1. The van der Waals surface area contributed by atoms with E-state index in [1.54, 1.807) is 0 Å². The van der Waals surface area contributed by atoms with Gasteiger partial charge < -0.3 is 5.73 Å². The summed E-state index contributed by atoms with van der Waals surface area (Å²) < 4.78 is 3.08. The molecule has 0 fully saturated rings. The lowest BCUT2D eigenvalue weighted by Crippen LogP contribution is -2.06. The van der Waals surface area contributed by atoms with E-state index in [1.165, 1.54) is 23.1 Å². The molecule has 1 aliphatic carbocycles. The molecule has 0 spiro atoms. The van der Waals surface area contributed by atoms with E-state index < -0.39 is 0 Å². The number of benzene rings is 1. The van der Waals surface area contributed by atoms with Crippen molar-refractivity contribution in [3.8, 4) is 0 Å². The highest BCUT2D eigenvalue weighted by molar-refractivity contribution is 14.1. The number of halogens is 1. The summed E-state index contributed by atoms with van der Waals surface area (Å²) in [4.78, 5) is 4.09. The second kappa shape index (κ2) is 4.44. The first-order chi connectivity index (χ1) is 9.74. The van der Waals surface area contributed by atoms with E-state index in [0.717, 1.165) is 21.9 Å². The van der Waals surface area contributed by atoms with Crippen LogP contribution in [0.5, 0.6) is 0 Å². The van der Waals surface area contributed by atoms with Gasteiger partial charge in [-0.05, 0) is 52.6 Å². The van der Waals surface area contributed by atoms with Crippen LogP contribution in [0, 0.1) is 3.57 Å². The van der Waals surface area contributed by atoms with E-state index in [2.05, 4.69) is 63.0 Å². The first-order valence-corrected chi connectivity index (χ1v) is 7.66. The molecule has 4 rings (SSSR count). The molecule has 2 N–H and O–H groups in total. The molecule has 0 aliphatic heterocycles. The van der Waals surface area contributed by atoms with E-state index in [9.17, 15) is 0 Å². The molecule has 2 heterocycles. The molecule has 0 bridgehead atoms. The molecule has 4 nitrogen and oxygen atoms in total. The summed E-state index contributed by atoms with van der Waals surface area (Å²) in [5.41, 5.74) is 11.0. The predicted molar refractivity (Wildman–Crippen MR) is 86.7 cm³/mol. The molecule has 0 unspecified atom stereocenters. The highest BCUT2D eigenvalue weighted by atomic mass is 127. The minimum absolute atomic E-state index is 0.470. The highest BCUT2D eigenvalue weighted by Crippen LogP contribution is 2.36. The Morgan fingerprint density at radius 3 is 2.60 bits per heavy atom. The van der Waals surface area contributed by atoms with Crippen molar-refractivity contribution in [2.24, 2.45) is 0 Å². The van der Waals surface area contributed by atoms with E-state index in [0.29, 0.717) is 11.7 Å². The van der Waals surface area contributed by atoms with Crippen molar-refractivity contribution in [3.63, 3.8) is 0 Å². The smallest absolute Gasteiger partial charge is 0.152 e. The lowest BCUT2D eigenvalue weighted by Gasteiger charge is -2.08. The van der Waals surface area contributed by atoms with Crippen LogP contribution in [0.15, 0.2) is 36.7 Å². The summed E-state index contributed by atoms with van der Waals surface area (Å²) in [5, 5.41) is 4.39. The second-order valence-electron chi connectivity index (χ2n) is 5.20. The maximum Gasteiger partial charge on any atom is 0.152 e. The number of nitrogens with zero attached hydrogens (tertiary/aromatic N) is 3. The summed E-state index contributed by atoms with van der Waals surface area (Å²) in [6, 6.07) is 10.9. The van der Waals surface area contributed by atoms with Crippen molar-refractivity contribution in [2.45, 2.75) is 18.8 Å². The van der Waals surface area contributed by atoms with Crippen LogP contribution in [-0.4, -0.2) is 14.6 Å². The van der Waals surface area contributed by atoms with Crippen molar-refractivity contribution in [1.29, 1.82) is 0 Å². The molecule has 0 atom stereocenters. The number of nitrogens with two attached hydrogens (primary N) is 1. The van der Waals surface area contributed by atoms with Crippen LogP contribution in [0.3, 0.4) is 0 Å². The van der Waals surface area contributed by atoms with Crippen LogP contribution in [0.25, 0.3) is 5.52 Å². The van der Waals surface area contributed by atoms with Crippen LogP contribution in [-0.2, 0) is 12.8 Å². The fraction of sp³-hybridized carbons (Fsp3) is 0.200. The van der Waals surface area contributed by atoms with Crippen LogP contribution in [0.1, 0.15) is 22.7 Å². The Kier molecular flexibility index (Phi) is 2.70. The average molecular weight is 376 g/mol. The summed E-state index contributed by atoms with van der Waals surface area (Å²) in [7, 11) is 0. The molecule has 100 valence electrons. The highest BCUT2D eigenvalue weighted by Gasteiger charge is 2.26. The van der Waals surface area contributed by atoms with Crippen molar-refractivity contribution in [3.05, 3.63) is 57.1 Å². The van der Waals surface area contributed by atoms with Crippen molar-refractivity contribution >= 4 is 33.9 Å². The first-order valence-electron chi connectivity index (χ1n) is 6.58. The summed E-state index contributed by atoms with van der Waals surface area (Å²) in [5.74, 6) is 1.02. The minimum Gasteiger partial charge on any atom is -0.382 e. The van der Waals surface area contributed by atoms with E-state index in [4.69, 9.17) is 5.73 Å². The Morgan fingerprint density at radius 1 is 1.20 bits per heavy atom. The largest absolute Gasteiger partial charge is 0.382 e. The zero-order valence-corrected chi connectivity index (χ0v) is 12.9. The van der Waals surface area contributed by atoms with Crippen molar-refractivity contribution < 1.29 is 0 Å². The monoisotopic (exact) mass is 376 g/mol. The van der Waals surface area contributed by atoms with Gasteiger partial charge in [0.15, 0.2) is 5.82 Å². The third-order valence-corrected chi connectivity index (χ3v) is 4.86. The van der Waals surface area contributed by atoms with Gasteiger partial charge >= 0.3 is 0 Å². The molecule has 20 heavy (non-hydrogen) atoms. The van der Waals surface area contributed by atoms with Gasteiger partial charge in [-0.2, -0.15) is 5.10 Å². The Balaban J connectivity index is 1.84. The molecule has 1 aliphatic rings. The van der Waals surface area contributed by atoms with Crippen LogP contribution in [0.2, 0.25) is 0 Å². The standard InChI is InChI=1S/C15H13IN4/c16-12-7-13(20-14(12)15(17)18-8-19-20)11-5-9-3-1-2-4-10(9)6-11/h1-4,7-8,11H,5-6H2,(H2,17,18,19). The molecular formula is C15H13IN4. The molecular weight excluding hydrogens is 363 g/mol. The zero-order valence-electron chi connectivity index (χ0n) is 10.8. The second-order valence-corrected chi connectivity index (χ2v) is 6.36. The topological polar surface area (TPSA) is 56.2 Å². The van der Waals surface area contributed by atoms with Gasteiger partial charge in [0.25, 0.3) is 0 Å². The van der Waals surface area contributed by atoms with E-state index >= 15 is 0 Å². The molecule has 0 amide bonds. The molecule has 0 saturated carbocycles. The number of nitrogen functional groups attached to an aromatic ring is 1. The molecule has 0 saturated heterocycles. The van der Waals surface area contributed by atoms with Crippen LogP contribution in [0.4, 0.5) is 5.82 Å². The Hall–Kier alpha value is -1.63. The predicted octanol–water partition coefficient (Wildman–Crippen LogP) is 2.80. The molecule has 3 aromatic rings. The van der Waals surface area contributed by atoms with Crippen molar-refractivity contribution in [1.82, 2.24) is 14.6 Å². The maximum atomic E-state index is 5.98. The van der Waals surface area contributed by atoms with Gasteiger partial charge in [0.05, 0.1) is 0 Å². The maximum absolute atomic E-state index is 5.98. The average Bonchev–Trinajstić information content (AvgIpc) is 3.00. The number of anilines is 1. The normalized spacial score (nSPS) is 14.8. The zero-order chi connectivity index (χ0) is 13.7. The van der Waals surface area contributed by atoms with E-state index in [1.807, 2.05) is 4.52 Å². The number of hydrogen-bond acceptors (Lipinski definition) is 3. The summed E-state index contributed by atoms with van der Waals surface area (Å²) in [6.45, 7) is 0. The van der Waals surface area contributed by atoms with Gasteiger partial charge in [-0.3, -0.25) is 0 Å². The minimum atomic E-state index is 0.470. The molecule has 5 heteroatoms. The summed E-state index contributed by atoms with van der Waals surface area (Å²) >= 11 is 2.31. The fourth-order valence-corrected chi connectivity index (χ4v) is 3.93. The van der Waals surface area contributed by atoms with Crippen molar-refractivity contribution in [2.75, 3.05) is 5.73 Å². The number of fused-ring (bicyclic) bond motifs is 2. The van der Waals surface area contributed by atoms with Gasteiger partial charge in [0.1, 0.15) is 11.8 Å². The van der Waals surface area contributed by atoms with Gasteiger partial charge in [0, 0.05) is 15.2 Å². The van der Waals surface area contributed by atoms with Gasteiger partial charge in [-0.25, -0.2) is 9.50 Å². The lowest BCUT2D eigenvalue weighted by atomic mass is 10.0. The van der Waals surface area contributed by atoms with Crippen LogP contribution >= 0.6 is 22.6 Å². The third-order valence-electron chi connectivity index (χ3n) is 4.03. The third kappa shape index (κ3) is 1.72.